The van der Waals surface area contributed by atoms with Crippen molar-refractivity contribution < 1.29 is 8.78 Å². The van der Waals surface area contributed by atoms with Crippen molar-refractivity contribution >= 4 is 16.7 Å². The van der Waals surface area contributed by atoms with Crippen molar-refractivity contribution in [3.05, 3.63) is 58.0 Å². The minimum Gasteiger partial charge on any atom is -0.256 e. The number of hydrogen-bond acceptors (Lipinski definition) is 1. The molecule has 1 aromatic rings. The summed E-state index contributed by atoms with van der Waals surface area (Å²) in [6.45, 7) is 17.8. The van der Waals surface area contributed by atoms with Crippen LogP contribution in [0.5, 0.6) is 0 Å². The maximum absolute atomic E-state index is 16.3. The van der Waals surface area contributed by atoms with E-state index in [1.54, 1.807) is 18.3 Å². The molecule has 0 radical (unpaired) electrons. The van der Waals surface area contributed by atoms with E-state index in [0.29, 0.717) is 18.4 Å². The Morgan fingerprint density at radius 2 is 1.88 bits per heavy atom. The Bertz CT molecular complexity index is 1160. The average Bonchev–Trinajstić information content (AvgIpc) is 2.80. The van der Waals surface area contributed by atoms with Crippen LogP contribution >= 0.6 is 0 Å². The topological polar surface area (TPSA) is 12.9 Å². The molecule has 0 saturated heterocycles. The molecule has 0 N–H and O–H groups in total. The van der Waals surface area contributed by atoms with Gasteiger partial charge < -0.3 is 0 Å². The largest absolute Gasteiger partial charge is 0.256 e. The van der Waals surface area contributed by atoms with Crippen LogP contribution in [0.3, 0.4) is 0 Å². The van der Waals surface area contributed by atoms with Crippen LogP contribution < -0.4 is 10.4 Å². The summed E-state index contributed by atoms with van der Waals surface area (Å²) >= 11 is 0. The number of nitrogens with zero attached hydrogens (tertiary/aromatic N) is 1. The summed E-state index contributed by atoms with van der Waals surface area (Å²) in [5.41, 5.74) is 2.32. The van der Waals surface area contributed by atoms with Gasteiger partial charge in [-0.15, -0.1) is 11.8 Å². The average molecular weight is 452 g/mol. The summed E-state index contributed by atoms with van der Waals surface area (Å²) in [4.78, 5) is 4.70. The highest BCUT2D eigenvalue weighted by molar-refractivity contribution is 5.84. The molecular formula is C30H39F2N. The van der Waals surface area contributed by atoms with Crippen LogP contribution in [0.2, 0.25) is 0 Å². The van der Waals surface area contributed by atoms with E-state index in [0.717, 1.165) is 33.7 Å². The number of rotatable bonds is 4. The Kier molecular flexibility index (Phi) is 8.63. The Morgan fingerprint density at radius 3 is 2.39 bits per heavy atom. The van der Waals surface area contributed by atoms with E-state index in [1.807, 2.05) is 53.7 Å². The van der Waals surface area contributed by atoms with E-state index >= 15 is 8.78 Å². The highest BCUT2D eigenvalue weighted by atomic mass is 19.1. The Hall–Kier alpha value is -2.47. The van der Waals surface area contributed by atoms with Gasteiger partial charge in [0.1, 0.15) is 11.5 Å². The molecule has 0 amide bonds. The SMILES string of the molecule is CC#CC.CCC=CC(F)(CC)C1CC=C(F)C2=C1c1nccc(=C(C)C)c1=C(C)C2(C)C. The van der Waals surface area contributed by atoms with Crippen LogP contribution in [0.4, 0.5) is 8.78 Å². The lowest BCUT2D eigenvalue weighted by atomic mass is 9.63. The maximum Gasteiger partial charge on any atom is 0.136 e. The highest BCUT2D eigenvalue weighted by Gasteiger charge is 2.47. The standard InChI is InChI=1S/C26H33F2N.C4H6/c1-8-10-14-26(28,9-2)19-11-12-20(27)23-22(19)24-21(17(5)25(23,6)7)18(16(3)4)13-15-29-24;1-3-4-2/h10,12-15,19H,8-9,11H2,1-7H3;1-2H3. The van der Waals surface area contributed by atoms with Gasteiger partial charge in [-0.3, -0.25) is 4.98 Å². The smallest absolute Gasteiger partial charge is 0.136 e. The van der Waals surface area contributed by atoms with E-state index in [1.165, 1.54) is 5.57 Å². The molecule has 2 aliphatic carbocycles. The van der Waals surface area contributed by atoms with Crippen molar-refractivity contribution in [3.8, 4) is 11.8 Å². The fourth-order valence-electron chi connectivity index (χ4n) is 4.86. The Morgan fingerprint density at radius 1 is 1.24 bits per heavy atom. The van der Waals surface area contributed by atoms with Crippen molar-refractivity contribution in [1.82, 2.24) is 4.98 Å². The number of hydrogen-bond donors (Lipinski definition) is 0. The number of pyridine rings is 1. The van der Waals surface area contributed by atoms with Gasteiger partial charge in [0.15, 0.2) is 0 Å². The van der Waals surface area contributed by atoms with Crippen molar-refractivity contribution in [1.29, 1.82) is 0 Å². The van der Waals surface area contributed by atoms with Crippen molar-refractivity contribution in [2.24, 2.45) is 11.3 Å². The van der Waals surface area contributed by atoms with Crippen LogP contribution in [-0.2, 0) is 0 Å². The number of allylic oxidation sites excluding steroid dienone is 6. The molecule has 2 aliphatic rings. The molecule has 2 unspecified atom stereocenters. The molecule has 0 spiro atoms. The third-order valence-corrected chi connectivity index (χ3v) is 7.07. The molecule has 3 heteroatoms. The van der Waals surface area contributed by atoms with Gasteiger partial charge in [-0.1, -0.05) is 51.0 Å². The Balaban J connectivity index is 0.000000890. The lowest BCUT2D eigenvalue weighted by Gasteiger charge is -2.42. The summed E-state index contributed by atoms with van der Waals surface area (Å²) in [6, 6.07) is 2.02. The third kappa shape index (κ3) is 4.91. The molecule has 0 fully saturated rings. The van der Waals surface area contributed by atoms with E-state index in [9.17, 15) is 0 Å². The Labute approximate surface area is 199 Å². The minimum atomic E-state index is -1.53. The van der Waals surface area contributed by atoms with Crippen molar-refractivity contribution in [3.63, 3.8) is 0 Å². The van der Waals surface area contributed by atoms with Gasteiger partial charge in [0, 0.05) is 28.3 Å². The second kappa shape index (κ2) is 10.6. The summed E-state index contributed by atoms with van der Waals surface area (Å²) in [7, 11) is 0. The monoisotopic (exact) mass is 451 g/mol. The first-order valence-electron chi connectivity index (χ1n) is 12.0. The van der Waals surface area contributed by atoms with Crippen LogP contribution in [-0.4, -0.2) is 10.7 Å². The zero-order chi connectivity index (χ0) is 25.0. The van der Waals surface area contributed by atoms with Crippen LogP contribution in [0.25, 0.3) is 16.7 Å². The third-order valence-electron chi connectivity index (χ3n) is 7.07. The van der Waals surface area contributed by atoms with Crippen molar-refractivity contribution in [2.45, 2.75) is 87.2 Å². The van der Waals surface area contributed by atoms with Crippen LogP contribution in [0.15, 0.2) is 41.9 Å². The summed E-state index contributed by atoms with van der Waals surface area (Å²) in [6.07, 6.45) is 8.40. The highest BCUT2D eigenvalue weighted by Crippen LogP contribution is 2.53. The van der Waals surface area contributed by atoms with E-state index in [4.69, 9.17) is 4.98 Å². The molecular weight excluding hydrogens is 412 g/mol. The quantitative estimate of drug-likeness (QED) is 0.348. The molecule has 1 aromatic heterocycles. The van der Waals surface area contributed by atoms with Gasteiger partial charge in [-0.05, 0) is 76.8 Å². The van der Waals surface area contributed by atoms with Crippen molar-refractivity contribution in [2.75, 3.05) is 0 Å². The molecule has 178 valence electrons. The van der Waals surface area contributed by atoms with Gasteiger partial charge in [0.2, 0.25) is 0 Å². The molecule has 33 heavy (non-hydrogen) atoms. The van der Waals surface area contributed by atoms with E-state index < -0.39 is 17.0 Å². The van der Waals surface area contributed by atoms with E-state index in [-0.39, 0.29) is 5.83 Å². The first kappa shape index (κ1) is 26.8. The second-order valence-electron chi connectivity index (χ2n) is 9.55. The fourth-order valence-corrected chi connectivity index (χ4v) is 4.86. The summed E-state index contributed by atoms with van der Waals surface area (Å²) in [5, 5.41) is 2.17. The molecule has 0 saturated carbocycles. The van der Waals surface area contributed by atoms with Gasteiger partial charge in [-0.25, -0.2) is 8.78 Å². The first-order valence-corrected chi connectivity index (χ1v) is 12.0. The molecule has 0 aromatic carbocycles. The molecule has 3 rings (SSSR count). The molecule has 1 nitrogen and oxygen atoms in total. The molecule has 0 bridgehead atoms. The lowest BCUT2D eigenvalue weighted by Crippen LogP contribution is -2.44. The van der Waals surface area contributed by atoms with E-state index in [2.05, 4.69) is 32.6 Å². The summed E-state index contributed by atoms with van der Waals surface area (Å²) in [5.74, 6) is 4.68. The maximum atomic E-state index is 16.3. The summed E-state index contributed by atoms with van der Waals surface area (Å²) < 4.78 is 31.6. The normalized spacial score (nSPS) is 20.5. The predicted molar refractivity (Wildman–Crippen MR) is 138 cm³/mol. The first-order chi connectivity index (χ1) is 15.5. The molecule has 0 aliphatic heterocycles. The zero-order valence-corrected chi connectivity index (χ0v) is 21.8. The van der Waals surface area contributed by atoms with Gasteiger partial charge >= 0.3 is 0 Å². The zero-order valence-electron chi connectivity index (χ0n) is 21.8. The van der Waals surface area contributed by atoms with Gasteiger partial charge in [-0.2, -0.15) is 0 Å². The van der Waals surface area contributed by atoms with Crippen LogP contribution in [0.1, 0.15) is 87.3 Å². The number of fused-ring (bicyclic) bond motifs is 2. The number of aromatic nitrogens is 1. The predicted octanol–water partition coefficient (Wildman–Crippen LogP) is 7.22. The van der Waals surface area contributed by atoms with Gasteiger partial charge in [0.05, 0.1) is 5.69 Å². The lowest BCUT2D eigenvalue weighted by molar-refractivity contribution is 0.163. The second-order valence-corrected chi connectivity index (χ2v) is 9.55. The number of halogens is 2. The molecule has 2 atom stereocenters. The number of alkyl halides is 1. The van der Waals surface area contributed by atoms with Gasteiger partial charge in [0.25, 0.3) is 0 Å². The molecule has 1 heterocycles. The fraction of sp³-hybridized carbons (Fsp3) is 0.500. The van der Waals surface area contributed by atoms with Crippen LogP contribution in [0, 0.1) is 23.2 Å². The minimum absolute atomic E-state index is 0.228.